The Morgan fingerprint density at radius 2 is 2.06 bits per heavy atom. The third-order valence-corrected chi connectivity index (χ3v) is 6.56. The van der Waals surface area contributed by atoms with Crippen LogP contribution in [0, 0.1) is 0 Å². The minimum atomic E-state index is -0.588. The largest absolute Gasteiger partial charge is 0.467 e. The van der Waals surface area contributed by atoms with Crippen molar-refractivity contribution in [3.63, 3.8) is 0 Å². The predicted octanol–water partition coefficient (Wildman–Crippen LogP) is 4.40. The monoisotopic (exact) mass is 501 g/mol. The van der Waals surface area contributed by atoms with Gasteiger partial charge in [-0.05, 0) is 36.1 Å². The van der Waals surface area contributed by atoms with Gasteiger partial charge in [-0.3, -0.25) is 4.79 Å². The van der Waals surface area contributed by atoms with Gasteiger partial charge >= 0.3 is 5.97 Å². The van der Waals surface area contributed by atoms with E-state index in [1.54, 1.807) is 31.4 Å². The quantitative estimate of drug-likeness (QED) is 0.402. The van der Waals surface area contributed by atoms with Crippen LogP contribution >= 0.6 is 23.4 Å². The SMILES string of the molecule is COCCOC(=O)C1=C(C)N=C2SC=C(CC(=O)NCc3ccco3)N2C1c1ccccc1Cl. The lowest BCUT2D eigenvalue weighted by Crippen LogP contribution is -2.38. The Morgan fingerprint density at radius 3 is 2.79 bits per heavy atom. The summed E-state index contributed by atoms with van der Waals surface area (Å²) in [5.41, 5.74) is 2.35. The minimum Gasteiger partial charge on any atom is -0.467 e. The minimum absolute atomic E-state index is 0.0960. The number of allylic oxidation sites excluding steroid dienone is 1. The summed E-state index contributed by atoms with van der Waals surface area (Å²) in [5.74, 6) is -0.0179. The topological polar surface area (TPSA) is 93.4 Å². The van der Waals surface area contributed by atoms with Crippen molar-refractivity contribution >= 4 is 40.4 Å². The second-order valence-electron chi connectivity index (χ2n) is 7.58. The van der Waals surface area contributed by atoms with E-state index in [2.05, 4.69) is 10.3 Å². The van der Waals surface area contributed by atoms with Gasteiger partial charge in [0.15, 0.2) is 5.17 Å². The third-order valence-electron chi connectivity index (χ3n) is 5.32. The van der Waals surface area contributed by atoms with Gasteiger partial charge < -0.3 is 24.1 Å². The number of benzene rings is 1. The first kappa shape index (κ1) is 24.1. The van der Waals surface area contributed by atoms with Crippen molar-refractivity contribution in [2.75, 3.05) is 20.3 Å². The summed E-state index contributed by atoms with van der Waals surface area (Å²) in [6.45, 7) is 2.46. The summed E-state index contributed by atoms with van der Waals surface area (Å²) < 4.78 is 15.7. The van der Waals surface area contributed by atoms with Gasteiger partial charge in [0, 0.05) is 17.8 Å². The fraction of sp³-hybridized carbons (Fsp3) is 0.292. The van der Waals surface area contributed by atoms with Crippen LogP contribution in [-0.2, 0) is 25.6 Å². The number of fused-ring (bicyclic) bond motifs is 1. The molecule has 1 amide bonds. The highest BCUT2D eigenvalue weighted by molar-refractivity contribution is 8.16. The molecular weight excluding hydrogens is 478 g/mol. The molecule has 0 bridgehead atoms. The van der Waals surface area contributed by atoms with Crippen molar-refractivity contribution in [2.45, 2.75) is 25.9 Å². The molecule has 1 atom stereocenters. The lowest BCUT2D eigenvalue weighted by molar-refractivity contribution is -0.141. The molecule has 0 fully saturated rings. The van der Waals surface area contributed by atoms with Crippen LogP contribution in [0.4, 0.5) is 0 Å². The van der Waals surface area contributed by atoms with Crippen LogP contribution in [0.1, 0.15) is 30.7 Å². The molecule has 178 valence electrons. The zero-order valence-electron chi connectivity index (χ0n) is 18.7. The Balaban J connectivity index is 1.62. The van der Waals surface area contributed by atoms with Crippen molar-refractivity contribution in [1.82, 2.24) is 10.2 Å². The molecule has 0 aliphatic carbocycles. The van der Waals surface area contributed by atoms with Gasteiger partial charge in [-0.2, -0.15) is 0 Å². The molecule has 0 saturated heterocycles. The van der Waals surface area contributed by atoms with Gasteiger partial charge in [0.1, 0.15) is 12.4 Å². The number of thioether (sulfide) groups is 1. The average Bonchev–Trinajstić information content (AvgIpc) is 3.47. The number of halogens is 1. The van der Waals surface area contributed by atoms with Crippen LogP contribution in [0.2, 0.25) is 5.02 Å². The molecule has 2 aromatic rings. The maximum absolute atomic E-state index is 13.1. The number of hydrogen-bond acceptors (Lipinski definition) is 8. The molecule has 0 spiro atoms. The van der Waals surface area contributed by atoms with Crippen LogP contribution in [0.3, 0.4) is 0 Å². The second-order valence-corrected chi connectivity index (χ2v) is 8.82. The number of furan rings is 1. The van der Waals surface area contributed by atoms with Gasteiger partial charge in [-0.15, -0.1) is 0 Å². The zero-order valence-corrected chi connectivity index (χ0v) is 20.3. The van der Waals surface area contributed by atoms with Crippen molar-refractivity contribution in [3.8, 4) is 0 Å². The molecule has 1 N–H and O–H groups in total. The van der Waals surface area contributed by atoms with Crippen LogP contribution < -0.4 is 5.32 Å². The maximum atomic E-state index is 13.1. The van der Waals surface area contributed by atoms with E-state index in [1.165, 1.54) is 18.9 Å². The summed E-state index contributed by atoms with van der Waals surface area (Å²) in [6, 6.07) is 10.3. The summed E-state index contributed by atoms with van der Waals surface area (Å²) in [4.78, 5) is 32.4. The van der Waals surface area contributed by atoms with Crippen molar-refractivity contribution in [2.24, 2.45) is 4.99 Å². The number of esters is 1. The van der Waals surface area contributed by atoms with E-state index in [-0.39, 0.29) is 32.1 Å². The highest BCUT2D eigenvalue weighted by atomic mass is 35.5. The molecule has 2 aliphatic rings. The van der Waals surface area contributed by atoms with Gasteiger partial charge in [-0.1, -0.05) is 41.6 Å². The molecule has 4 rings (SSSR count). The van der Waals surface area contributed by atoms with E-state index < -0.39 is 12.0 Å². The van der Waals surface area contributed by atoms with E-state index in [4.69, 9.17) is 25.5 Å². The number of nitrogens with zero attached hydrogens (tertiary/aromatic N) is 2. The van der Waals surface area contributed by atoms with Gasteiger partial charge in [0.25, 0.3) is 0 Å². The molecular formula is C24H24ClN3O5S. The predicted molar refractivity (Wildman–Crippen MR) is 130 cm³/mol. The Kier molecular flexibility index (Phi) is 7.77. The number of carbonyl (C=O) groups is 2. The lowest BCUT2D eigenvalue weighted by Gasteiger charge is -2.36. The van der Waals surface area contributed by atoms with Crippen LogP contribution in [-0.4, -0.2) is 42.3 Å². The van der Waals surface area contributed by atoms with E-state index in [9.17, 15) is 9.59 Å². The van der Waals surface area contributed by atoms with Crippen molar-refractivity contribution in [1.29, 1.82) is 0 Å². The van der Waals surface area contributed by atoms with Crippen molar-refractivity contribution in [3.05, 3.63) is 81.4 Å². The van der Waals surface area contributed by atoms with Crippen LogP contribution in [0.15, 0.2) is 74.4 Å². The standard InChI is InChI=1S/C24H24ClN3O5S/c1-15-21(23(30)33-11-10-31-2)22(18-7-3-4-8-19(18)25)28-16(14-34-24(28)27-15)12-20(29)26-13-17-6-5-9-32-17/h3-9,14,22H,10-13H2,1-2H3,(H,26,29). The Hall–Kier alpha value is -3.01. The Bertz CT molecular complexity index is 1160. The highest BCUT2D eigenvalue weighted by Crippen LogP contribution is 2.46. The Morgan fingerprint density at radius 1 is 1.24 bits per heavy atom. The Labute approximate surface area is 206 Å². The van der Waals surface area contributed by atoms with Crippen LogP contribution in [0.25, 0.3) is 0 Å². The molecule has 34 heavy (non-hydrogen) atoms. The first-order chi connectivity index (χ1) is 16.5. The number of rotatable bonds is 9. The first-order valence-corrected chi connectivity index (χ1v) is 11.9. The summed E-state index contributed by atoms with van der Waals surface area (Å²) >= 11 is 7.98. The molecule has 0 saturated carbocycles. The number of aliphatic imine (C=N–C) groups is 1. The number of nitrogens with one attached hydrogen (secondary N) is 1. The highest BCUT2D eigenvalue weighted by Gasteiger charge is 2.41. The zero-order chi connectivity index (χ0) is 24.1. The van der Waals surface area contributed by atoms with Crippen molar-refractivity contribution < 1.29 is 23.5 Å². The van der Waals surface area contributed by atoms with Gasteiger partial charge in [0.2, 0.25) is 5.91 Å². The second kappa shape index (κ2) is 10.9. The number of ether oxygens (including phenoxy) is 2. The van der Waals surface area contributed by atoms with E-state index >= 15 is 0 Å². The summed E-state index contributed by atoms with van der Waals surface area (Å²) in [5, 5.41) is 5.91. The lowest BCUT2D eigenvalue weighted by atomic mass is 9.93. The number of amidine groups is 1. The third kappa shape index (κ3) is 5.22. The molecule has 8 nitrogen and oxygen atoms in total. The molecule has 1 aromatic carbocycles. The average molecular weight is 502 g/mol. The summed E-state index contributed by atoms with van der Waals surface area (Å²) in [6.07, 6.45) is 1.66. The smallest absolute Gasteiger partial charge is 0.338 e. The van der Waals surface area contributed by atoms with E-state index in [1.807, 2.05) is 28.5 Å². The maximum Gasteiger partial charge on any atom is 0.338 e. The number of amides is 1. The molecule has 1 aromatic heterocycles. The first-order valence-electron chi connectivity index (χ1n) is 10.6. The molecule has 1 unspecified atom stereocenters. The molecule has 3 heterocycles. The number of methoxy groups -OCH3 is 1. The van der Waals surface area contributed by atoms with E-state index in [0.717, 1.165) is 5.56 Å². The van der Waals surface area contributed by atoms with Gasteiger partial charge in [-0.25, -0.2) is 9.79 Å². The normalized spacial score (nSPS) is 17.3. The molecule has 10 heteroatoms. The number of hydrogen-bond donors (Lipinski definition) is 1. The molecule has 0 radical (unpaired) electrons. The fourth-order valence-corrected chi connectivity index (χ4v) is 4.95. The summed E-state index contributed by atoms with van der Waals surface area (Å²) in [7, 11) is 1.54. The van der Waals surface area contributed by atoms with Crippen LogP contribution in [0.5, 0.6) is 0 Å². The van der Waals surface area contributed by atoms with E-state index in [0.29, 0.717) is 32.9 Å². The molecule has 2 aliphatic heterocycles. The van der Waals surface area contributed by atoms with Gasteiger partial charge in [0.05, 0.1) is 43.1 Å². The number of carbonyl (C=O) groups excluding carboxylic acids is 2. The fourth-order valence-electron chi connectivity index (χ4n) is 3.74.